The van der Waals surface area contributed by atoms with Crippen LogP contribution in [0.4, 0.5) is 0 Å². The first-order valence-electron chi connectivity index (χ1n) is 6.79. The zero-order chi connectivity index (χ0) is 14.7. The lowest BCUT2D eigenvalue weighted by Gasteiger charge is -2.22. The van der Waals surface area contributed by atoms with E-state index < -0.39 is 0 Å². The molecule has 20 heavy (non-hydrogen) atoms. The number of hydrogen-bond acceptors (Lipinski definition) is 1. The molecule has 0 spiro atoms. The van der Waals surface area contributed by atoms with Gasteiger partial charge in [0.05, 0.1) is 6.04 Å². The number of nitrogens with one attached hydrogen (secondary N) is 1. The maximum absolute atomic E-state index is 6.36. The van der Waals surface area contributed by atoms with E-state index in [-0.39, 0.29) is 6.04 Å². The summed E-state index contributed by atoms with van der Waals surface area (Å²) in [5.41, 5.74) is 4.69. The van der Waals surface area contributed by atoms with Gasteiger partial charge >= 0.3 is 0 Å². The molecule has 3 heteroatoms. The monoisotopic (exact) mass is 307 g/mol. The molecule has 0 aliphatic carbocycles. The van der Waals surface area contributed by atoms with Gasteiger partial charge in [0.25, 0.3) is 0 Å². The van der Waals surface area contributed by atoms with Gasteiger partial charge in [0.1, 0.15) is 0 Å². The second-order valence-electron chi connectivity index (χ2n) is 4.97. The van der Waals surface area contributed by atoms with Crippen LogP contribution in [0.3, 0.4) is 0 Å². The van der Waals surface area contributed by atoms with Crippen LogP contribution in [0.25, 0.3) is 0 Å². The molecule has 0 radical (unpaired) electrons. The quantitative estimate of drug-likeness (QED) is 0.807. The van der Waals surface area contributed by atoms with Gasteiger partial charge in [-0.05, 0) is 49.2 Å². The molecule has 106 valence electrons. The summed E-state index contributed by atoms with van der Waals surface area (Å²) in [6.07, 6.45) is 0. The highest BCUT2D eigenvalue weighted by Crippen LogP contribution is 2.34. The number of aryl methyl sites for hydroxylation is 2. The molecule has 0 saturated heterocycles. The molecule has 0 aliphatic rings. The highest BCUT2D eigenvalue weighted by Gasteiger charge is 2.19. The van der Waals surface area contributed by atoms with Gasteiger partial charge < -0.3 is 5.32 Å². The van der Waals surface area contributed by atoms with E-state index in [9.17, 15) is 0 Å². The van der Waals surface area contributed by atoms with Crippen LogP contribution in [0, 0.1) is 13.8 Å². The van der Waals surface area contributed by atoms with E-state index in [1.165, 1.54) is 16.7 Å². The van der Waals surface area contributed by atoms with Gasteiger partial charge in [0, 0.05) is 15.6 Å². The molecule has 2 rings (SSSR count). The average Bonchev–Trinajstić information content (AvgIpc) is 2.41. The summed E-state index contributed by atoms with van der Waals surface area (Å²) in [6, 6.07) is 12.1. The van der Waals surface area contributed by atoms with E-state index in [4.69, 9.17) is 23.2 Å². The van der Waals surface area contributed by atoms with Gasteiger partial charge in [-0.25, -0.2) is 0 Å². The summed E-state index contributed by atoms with van der Waals surface area (Å²) < 4.78 is 0. The lowest BCUT2D eigenvalue weighted by molar-refractivity contribution is 0.630. The molecule has 0 amide bonds. The van der Waals surface area contributed by atoms with Crippen LogP contribution in [0.5, 0.6) is 0 Å². The van der Waals surface area contributed by atoms with Crippen LogP contribution >= 0.6 is 23.2 Å². The Hall–Kier alpha value is -1.02. The minimum atomic E-state index is 0.0144. The highest BCUT2D eigenvalue weighted by molar-refractivity contribution is 6.36. The topological polar surface area (TPSA) is 12.0 Å². The van der Waals surface area contributed by atoms with Crippen LogP contribution in [0.1, 0.15) is 35.2 Å². The van der Waals surface area contributed by atoms with Crippen molar-refractivity contribution in [3.05, 3.63) is 68.7 Å². The van der Waals surface area contributed by atoms with Gasteiger partial charge in [-0.2, -0.15) is 0 Å². The molecule has 0 bridgehead atoms. The zero-order valence-electron chi connectivity index (χ0n) is 12.0. The number of hydrogen-bond donors (Lipinski definition) is 1. The molecule has 0 fully saturated rings. The van der Waals surface area contributed by atoms with Crippen molar-refractivity contribution in [1.82, 2.24) is 5.32 Å². The second kappa shape index (κ2) is 6.62. The minimum Gasteiger partial charge on any atom is -0.306 e. The summed E-state index contributed by atoms with van der Waals surface area (Å²) in [5.74, 6) is 0. The lowest BCUT2D eigenvalue weighted by Crippen LogP contribution is -2.22. The van der Waals surface area contributed by atoms with Crippen molar-refractivity contribution in [2.45, 2.75) is 26.8 Å². The molecule has 0 aliphatic heterocycles. The molecule has 1 atom stereocenters. The predicted octanol–water partition coefficient (Wildman–Crippen LogP) is 5.31. The average molecular weight is 308 g/mol. The third kappa shape index (κ3) is 3.17. The maximum atomic E-state index is 6.36. The van der Waals surface area contributed by atoms with E-state index in [1.54, 1.807) is 0 Å². The molecular formula is C17H19Cl2N. The molecule has 2 aromatic rings. The summed E-state index contributed by atoms with van der Waals surface area (Å²) in [7, 11) is 0. The van der Waals surface area contributed by atoms with Gasteiger partial charge in [-0.3, -0.25) is 0 Å². The van der Waals surface area contributed by atoms with Crippen molar-refractivity contribution >= 4 is 23.2 Å². The molecule has 1 unspecified atom stereocenters. The van der Waals surface area contributed by atoms with Crippen LogP contribution in [-0.2, 0) is 0 Å². The van der Waals surface area contributed by atoms with Crippen LogP contribution < -0.4 is 5.32 Å². The van der Waals surface area contributed by atoms with Crippen molar-refractivity contribution in [2.24, 2.45) is 0 Å². The first-order chi connectivity index (χ1) is 9.54. The van der Waals surface area contributed by atoms with Crippen LogP contribution in [0.15, 0.2) is 36.4 Å². The van der Waals surface area contributed by atoms with E-state index in [2.05, 4.69) is 44.3 Å². The fourth-order valence-corrected chi connectivity index (χ4v) is 2.94. The minimum absolute atomic E-state index is 0.0144. The Morgan fingerprint density at radius 1 is 1.00 bits per heavy atom. The molecular weight excluding hydrogens is 289 g/mol. The SMILES string of the molecule is CCNC(c1ccc(C)c(C)c1)c1c(Cl)cccc1Cl. The standard InChI is InChI=1S/C17H19Cl2N/c1-4-20-17(13-9-8-11(2)12(3)10-13)16-14(18)6-5-7-15(16)19/h5-10,17,20H,4H2,1-3H3. The third-order valence-corrected chi connectivity index (χ3v) is 4.22. The Labute approximate surface area is 130 Å². The molecule has 1 N–H and O–H groups in total. The third-order valence-electron chi connectivity index (χ3n) is 3.56. The van der Waals surface area contributed by atoms with Crippen molar-refractivity contribution in [3.63, 3.8) is 0 Å². The Morgan fingerprint density at radius 2 is 1.65 bits per heavy atom. The van der Waals surface area contributed by atoms with E-state index in [1.807, 2.05) is 18.2 Å². The van der Waals surface area contributed by atoms with Gasteiger partial charge in [0.2, 0.25) is 0 Å². The van der Waals surface area contributed by atoms with Gasteiger partial charge in [0.15, 0.2) is 0 Å². The van der Waals surface area contributed by atoms with Crippen molar-refractivity contribution in [1.29, 1.82) is 0 Å². The zero-order valence-corrected chi connectivity index (χ0v) is 13.5. The summed E-state index contributed by atoms with van der Waals surface area (Å²) in [5, 5.41) is 4.87. The Bertz CT molecular complexity index is 588. The second-order valence-corrected chi connectivity index (χ2v) is 5.78. The fraction of sp³-hybridized carbons (Fsp3) is 0.294. The number of benzene rings is 2. The summed E-state index contributed by atoms with van der Waals surface area (Å²) in [6.45, 7) is 7.16. The Morgan fingerprint density at radius 3 is 2.20 bits per heavy atom. The van der Waals surface area contributed by atoms with Gasteiger partial charge in [-0.15, -0.1) is 0 Å². The fourth-order valence-electron chi connectivity index (χ4n) is 2.32. The van der Waals surface area contributed by atoms with E-state index in [0.29, 0.717) is 10.0 Å². The predicted molar refractivity (Wildman–Crippen MR) is 87.9 cm³/mol. The smallest absolute Gasteiger partial charge is 0.0606 e. The normalized spacial score (nSPS) is 12.4. The Balaban J connectivity index is 2.53. The number of halogens is 2. The maximum Gasteiger partial charge on any atom is 0.0606 e. The van der Waals surface area contributed by atoms with E-state index in [0.717, 1.165) is 12.1 Å². The largest absolute Gasteiger partial charge is 0.306 e. The Kier molecular flexibility index (Phi) is 5.09. The molecule has 2 aromatic carbocycles. The summed E-state index contributed by atoms with van der Waals surface area (Å²) >= 11 is 12.7. The van der Waals surface area contributed by atoms with Crippen LogP contribution in [-0.4, -0.2) is 6.54 Å². The molecule has 0 heterocycles. The summed E-state index contributed by atoms with van der Waals surface area (Å²) in [4.78, 5) is 0. The van der Waals surface area contributed by atoms with Crippen molar-refractivity contribution in [2.75, 3.05) is 6.54 Å². The lowest BCUT2D eigenvalue weighted by atomic mass is 9.95. The first-order valence-corrected chi connectivity index (χ1v) is 7.54. The molecule has 1 nitrogen and oxygen atoms in total. The van der Waals surface area contributed by atoms with Crippen LogP contribution in [0.2, 0.25) is 10.0 Å². The molecule has 0 aromatic heterocycles. The van der Waals surface area contributed by atoms with Crippen molar-refractivity contribution in [3.8, 4) is 0 Å². The number of rotatable bonds is 4. The first kappa shape index (κ1) is 15.4. The van der Waals surface area contributed by atoms with E-state index >= 15 is 0 Å². The molecule has 0 saturated carbocycles. The highest BCUT2D eigenvalue weighted by atomic mass is 35.5. The van der Waals surface area contributed by atoms with Crippen molar-refractivity contribution < 1.29 is 0 Å². The van der Waals surface area contributed by atoms with Gasteiger partial charge in [-0.1, -0.05) is 54.4 Å².